The molecule has 0 bridgehead atoms. The number of nitrogens with zero attached hydrogens (tertiary/aromatic N) is 1. The number of amides is 2. The first-order valence-corrected chi connectivity index (χ1v) is 11.8. The van der Waals surface area contributed by atoms with Crippen LogP contribution in [0.4, 0.5) is 0 Å². The highest BCUT2D eigenvalue weighted by atomic mass is 35.5. The summed E-state index contributed by atoms with van der Waals surface area (Å²) >= 11 is 7.88. The van der Waals surface area contributed by atoms with Crippen LogP contribution >= 0.6 is 23.4 Å². The van der Waals surface area contributed by atoms with Crippen molar-refractivity contribution in [2.24, 2.45) is 0 Å². The van der Waals surface area contributed by atoms with Gasteiger partial charge < -0.3 is 10.2 Å². The highest BCUT2D eigenvalue weighted by Gasteiger charge is 2.27. The predicted octanol–water partition coefficient (Wildman–Crippen LogP) is 5.21. The molecule has 0 aliphatic heterocycles. The summed E-state index contributed by atoms with van der Waals surface area (Å²) in [5, 5.41) is 3.58. The number of aryl methyl sites for hydroxylation is 1. The fraction of sp³-hybridized carbons (Fsp3) is 0.417. The zero-order valence-electron chi connectivity index (χ0n) is 18.2. The molecule has 0 spiro atoms. The Kier molecular flexibility index (Phi) is 9.73. The molecule has 2 atom stereocenters. The number of hydrogen-bond donors (Lipinski definition) is 1. The van der Waals surface area contributed by atoms with Crippen molar-refractivity contribution < 1.29 is 9.59 Å². The van der Waals surface area contributed by atoms with Crippen molar-refractivity contribution in [1.29, 1.82) is 0 Å². The van der Waals surface area contributed by atoms with Crippen LogP contribution in [0.3, 0.4) is 0 Å². The molecule has 30 heavy (non-hydrogen) atoms. The molecule has 0 radical (unpaired) electrons. The van der Waals surface area contributed by atoms with Crippen LogP contribution in [-0.4, -0.2) is 34.6 Å². The third kappa shape index (κ3) is 7.37. The Morgan fingerprint density at radius 1 is 1.13 bits per heavy atom. The first-order valence-electron chi connectivity index (χ1n) is 10.3. The van der Waals surface area contributed by atoms with Crippen LogP contribution in [0.15, 0.2) is 48.5 Å². The first-order chi connectivity index (χ1) is 14.3. The Morgan fingerprint density at radius 2 is 1.87 bits per heavy atom. The van der Waals surface area contributed by atoms with E-state index in [1.807, 2.05) is 38.1 Å². The summed E-state index contributed by atoms with van der Waals surface area (Å²) in [6, 6.07) is 15.2. The van der Waals surface area contributed by atoms with Crippen LogP contribution in [0.5, 0.6) is 0 Å². The highest BCUT2D eigenvalue weighted by Crippen LogP contribution is 2.20. The van der Waals surface area contributed by atoms with Gasteiger partial charge in [0.15, 0.2) is 0 Å². The molecule has 2 aromatic rings. The minimum atomic E-state index is -0.581. The molecule has 2 amide bonds. The van der Waals surface area contributed by atoms with Gasteiger partial charge in [0.25, 0.3) is 0 Å². The fourth-order valence-corrected chi connectivity index (χ4v) is 4.05. The lowest BCUT2D eigenvalue weighted by Gasteiger charge is -2.30. The third-order valence-electron chi connectivity index (χ3n) is 5.04. The summed E-state index contributed by atoms with van der Waals surface area (Å²) < 4.78 is 0. The highest BCUT2D eigenvalue weighted by molar-refractivity contribution is 7.99. The van der Waals surface area contributed by atoms with E-state index in [9.17, 15) is 9.59 Å². The average Bonchev–Trinajstić information content (AvgIpc) is 2.72. The van der Waals surface area contributed by atoms with Gasteiger partial charge in [0.05, 0.1) is 5.75 Å². The topological polar surface area (TPSA) is 49.4 Å². The molecule has 162 valence electrons. The minimum absolute atomic E-state index is 0.0629. The van der Waals surface area contributed by atoms with Gasteiger partial charge >= 0.3 is 0 Å². The van der Waals surface area contributed by atoms with Gasteiger partial charge in [0, 0.05) is 23.4 Å². The van der Waals surface area contributed by atoms with Gasteiger partial charge in [-0.3, -0.25) is 9.59 Å². The van der Waals surface area contributed by atoms with E-state index in [2.05, 4.69) is 30.4 Å². The molecule has 0 aromatic heterocycles. The Hall–Kier alpha value is -1.98. The van der Waals surface area contributed by atoms with Crippen molar-refractivity contribution in [1.82, 2.24) is 10.2 Å². The maximum atomic E-state index is 13.1. The number of halogens is 1. The van der Waals surface area contributed by atoms with E-state index in [0.717, 1.165) is 17.7 Å². The van der Waals surface area contributed by atoms with Gasteiger partial charge in [-0.25, -0.2) is 0 Å². The van der Waals surface area contributed by atoms with E-state index >= 15 is 0 Å². The second-order valence-corrected chi connectivity index (χ2v) is 8.98. The SMILES string of the molecule is CC[C@@H](C)NC(=O)[C@@H](C)N(Cc1ccccc1Cl)C(=O)CSCc1cccc(C)c1. The van der Waals surface area contributed by atoms with Crippen LogP contribution in [0.25, 0.3) is 0 Å². The van der Waals surface area contributed by atoms with Crippen LogP contribution in [0.2, 0.25) is 5.02 Å². The molecule has 1 N–H and O–H groups in total. The van der Waals surface area contributed by atoms with Crippen molar-refractivity contribution >= 4 is 35.2 Å². The molecule has 6 heteroatoms. The summed E-state index contributed by atoms with van der Waals surface area (Å²) in [5.74, 6) is 0.841. The van der Waals surface area contributed by atoms with Crippen molar-refractivity contribution in [3.63, 3.8) is 0 Å². The van der Waals surface area contributed by atoms with Gasteiger partial charge in [-0.1, -0.05) is 66.6 Å². The second kappa shape index (κ2) is 12.0. The van der Waals surface area contributed by atoms with E-state index in [0.29, 0.717) is 17.3 Å². The summed E-state index contributed by atoms with van der Waals surface area (Å²) in [6.07, 6.45) is 0.837. The molecule has 0 fully saturated rings. The maximum absolute atomic E-state index is 13.1. The number of hydrogen-bond acceptors (Lipinski definition) is 3. The molecule has 0 unspecified atom stereocenters. The number of benzene rings is 2. The zero-order chi connectivity index (χ0) is 22.1. The normalized spacial score (nSPS) is 12.8. The van der Waals surface area contributed by atoms with Crippen molar-refractivity contribution in [2.45, 2.75) is 58.5 Å². The number of rotatable bonds is 10. The van der Waals surface area contributed by atoms with E-state index < -0.39 is 6.04 Å². The average molecular weight is 447 g/mol. The predicted molar refractivity (Wildman–Crippen MR) is 127 cm³/mol. The zero-order valence-corrected chi connectivity index (χ0v) is 19.7. The molecule has 4 nitrogen and oxygen atoms in total. The van der Waals surface area contributed by atoms with Gasteiger partial charge in [-0.2, -0.15) is 0 Å². The number of thioether (sulfide) groups is 1. The van der Waals surface area contributed by atoms with Crippen molar-refractivity contribution in [2.75, 3.05) is 5.75 Å². The quantitative estimate of drug-likeness (QED) is 0.544. The molecular weight excluding hydrogens is 416 g/mol. The molecule has 0 heterocycles. The van der Waals surface area contributed by atoms with Crippen LogP contribution in [0.1, 0.15) is 43.9 Å². The lowest BCUT2D eigenvalue weighted by molar-refractivity contribution is -0.138. The molecular formula is C24H31ClN2O2S. The van der Waals surface area contributed by atoms with Crippen LogP contribution in [-0.2, 0) is 21.9 Å². The molecule has 0 aliphatic carbocycles. The monoisotopic (exact) mass is 446 g/mol. The smallest absolute Gasteiger partial charge is 0.242 e. The standard InChI is InChI=1S/C24H31ClN2O2S/c1-5-18(3)26-24(29)19(4)27(14-21-11-6-7-12-22(21)25)23(28)16-30-15-20-10-8-9-17(2)13-20/h6-13,18-19H,5,14-16H2,1-4H3,(H,26,29)/t18-,19-/m1/s1. The summed E-state index contributed by atoms with van der Waals surface area (Å²) in [5.41, 5.74) is 3.22. The Bertz CT molecular complexity index is 859. The van der Waals surface area contributed by atoms with Gasteiger partial charge in [0.2, 0.25) is 11.8 Å². The molecule has 2 rings (SSSR count). The first kappa shape index (κ1) is 24.3. The van der Waals surface area contributed by atoms with Crippen LogP contribution < -0.4 is 5.32 Å². The Morgan fingerprint density at radius 3 is 2.53 bits per heavy atom. The van der Waals surface area contributed by atoms with Gasteiger partial charge in [-0.05, 0) is 44.4 Å². The van der Waals surface area contributed by atoms with E-state index in [1.54, 1.807) is 29.7 Å². The number of nitrogens with one attached hydrogen (secondary N) is 1. The van der Waals surface area contributed by atoms with Gasteiger partial charge in [-0.15, -0.1) is 11.8 Å². The van der Waals surface area contributed by atoms with Crippen molar-refractivity contribution in [3.05, 3.63) is 70.2 Å². The maximum Gasteiger partial charge on any atom is 0.242 e. The summed E-state index contributed by atoms with van der Waals surface area (Å²) in [4.78, 5) is 27.4. The largest absolute Gasteiger partial charge is 0.352 e. The minimum Gasteiger partial charge on any atom is -0.352 e. The van der Waals surface area contributed by atoms with Crippen LogP contribution in [0, 0.1) is 6.92 Å². The van der Waals surface area contributed by atoms with E-state index in [1.165, 1.54) is 11.1 Å². The third-order valence-corrected chi connectivity index (χ3v) is 6.40. The molecule has 0 aliphatic rings. The molecule has 0 saturated carbocycles. The number of carbonyl (C=O) groups is 2. The Labute approximate surface area is 189 Å². The fourth-order valence-electron chi connectivity index (χ4n) is 3.00. The molecule has 2 aromatic carbocycles. The lowest BCUT2D eigenvalue weighted by Crippen LogP contribution is -2.50. The molecule has 0 saturated heterocycles. The van der Waals surface area contributed by atoms with E-state index in [4.69, 9.17) is 11.6 Å². The summed E-state index contributed by atoms with van der Waals surface area (Å²) in [7, 11) is 0. The van der Waals surface area contributed by atoms with E-state index in [-0.39, 0.29) is 17.9 Å². The Balaban J connectivity index is 2.09. The lowest BCUT2D eigenvalue weighted by atomic mass is 10.1. The second-order valence-electron chi connectivity index (χ2n) is 7.59. The van der Waals surface area contributed by atoms with Crippen molar-refractivity contribution in [3.8, 4) is 0 Å². The summed E-state index contributed by atoms with van der Waals surface area (Å²) in [6.45, 7) is 8.12. The van der Waals surface area contributed by atoms with Gasteiger partial charge in [0.1, 0.15) is 6.04 Å². The number of carbonyl (C=O) groups excluding carboxylic acids is 2.